The van der Waals surface area contributed by atoms with Crippen LogP contribution in [0.1, 0.15) is 25.5 Å². The summed E-state index contributed by atoms with van der Waals surface area (Å²) in [6.45, 7) is 3.72. The Kier molecular flexibility index (Phi) is 3.93. The van der Waals surface area contributed by atoms with Crippen molar-refractivity contribution in [2.75, 3.05) is 18.5 Å². The molecule has 1 aliphatic heterocycles. The maximum atomic E-state index is 5.44. The molecule has 1 aliphatic rings. The van der Waals surface area contributed by atoms with Crippen molar-refractivity contribution >= 4 is 16.7 Å². The van der Waals surface area contributed by atoms with E-state index in [2.05, 4.69) is 38.6 Å². The predicted molar refractivity (Wildman–Crippen MR) is 92.9 cm³/mol. The Morgan fingerprint density at radius 1 is 1.38 bits per heavy atom. The van der Waals surface area contributed by atoms with Crippen molar-refractivity contribution in [1.82, 2.24) is 25.0 Å². The van der Waals surface area contributed by atoms with Crippen LogP contribution < -0.4 is 5.32 Å². The zero-order valence-electron chi connectivity index (χ0n) is 14.0. The molecule has 0 radical (unpaired) electrons. The minimum absolute atomic E-state index is 0.384. The summed E-state index contributed by atoms with van der Waals surface area (Å²) < 4.78 is 7.35. The van der Waals surface area contributed by atoms with Gasteiger partial charge >= 0.3 is 0 Å². The van der Waals surface area contributed by atoms with Gasteiger partial charge in [-0.25, -0.2) is 4.98 Å². The van der Waals surface area contributed by atoms with Gasteiger partial charge in [0.2, 0.25) is 0 Å². The van der Waals surface area contributed by atoms with E-state index in [4.69, 9.17) is 4.74 Å². The van der Waals surface area contributed by atoms with Gasteiger partial charge in [-0.05, 0) is 31.4 Å². The first-order chi connectivity index (χ1) is 11.8. The van der Waals surface area contributed by atoms with E-state index in [1.165, 1.54) is 5.69 Å². The third-order valence-corrected chi connectivity index (χ3v) is 4.62. The number of nitrogens with one attached hydrogen (secondary N) is 2. The third-order valence-electron chi connectivity index (χ3n) is 4.62. The van der Waals surface area contributed by atoms with Crippen LogP contribution in [0.4, 0.5) is 5.82 Å². The summed E-state index contributed by atoms with van der Waals surface area (Å²) >= 11 is 0. The van der Waals surface area contributed by atoms with Gasteiger partial charge in [0.15, 0.2) is 0 Å². The molecule has 0 bridgehead atoms. The Labute approximate surface area is 140 Å². The first kappa shape index (κ1) is 15.1. The number of hydrogen-bond acceptors (Lipinski definition) is 5. The van der Waals surface area contributed by atoms with Crippen LogP contribution in [0.15, 0.2) is 18.3 Å². The molecule has 2 N–H and O–H groups in total. The number of aromatic nitrogens is 5. The van der Waals surface area contributed by atoms with E-state index in [1.807, 2.05) is 24.0 Å². The zero-order valence-corrected chi connectivity index (χ0v) is 14.0. The number of H-pyrrole nitrogens is 1. The molecule has 4 heterocycles. The highest BCUT2D eigenvalue weighted by Crippen LogP contribution is 2.31. The number of aromatic amines is 1. The molecular formula is C17H22N6O. The van der Waals surface area contributed by atoms with Gasteiger partial charge in [0.25, 0.3) is 0 Å². The highest BCUT2D eigenvalue weighted by Gasteiger charge is 2.20. The van der Waals surface area contributed by atoms with Gasteiger partial charge in [0, 0.05) is 38.2 Å². The smallest absolute Gasteiger partial charge is 0.137 e. The lowest BCUT2D eigenvalue weighted by atomic mass is 10.1. The molecule has 3 aromatic rings. The van der Waals surface area contributed by atoms with Gasteiger partial charge in [0.1, 0.15) is 17.2 Å². The molecule has 0 aliphatic carbocycles. The molecule has 24 heavy (non-hydrogen) atoms. The molecule has 1 saturated heterocycles. The first-order valence-corrected chi connectivity index (χ1v) is 8.47. The normalized spacial score (nSPS) is 15.9. The number of aryl methyl sites for hydroxylation is 2. The van der Waals surface area contributed by atoms with E-state index in [0.717, 1.165) is 60.6 Å². The summed E-state index contributed by atoms with van der Waals surface area (Å²) in [7, 11) is 1.97. The van der Waals surface area contributed by atoms with Crippen LogP contribution in [-0.4, -0.2) is 44.2 Å². The van der Waals surface area contributed by atoms with Crippen molar-refractivity contribution in [2.45, 2.75) is 32.2 Å². The third kappa shape index (κ3) is 2.65. The lowest BCUT2D eigenvalue weighted by Gasteiger charge is -2.23. The fraction of sp³-hybridized carbons (Fsp3) is 0.471. The molecule has 0 amide bonds. The quantitative estimate of drug-likeness (QED) is 0.770. The van der Waals surface area contributed by atoms with E-state index < -0.39 is 0 Å². The molecule has 1 fully saturated rings. The second-order valence-electron chi connectivity index (χ2n) is 6.18. The van der Waals surface area contributed by atoms with Gasteiger partial charge < -0.3 is 10.1 Å². The summed E-state index contributed by atoms with van der Waals surface area (Å²) in [4.78, 5) is 4.56. The minimum Gasteiger partial charge on any atom is -0.381 e. The molecule has 0 atom stereocenters. The summed E-state index contributed by atoms with van der Waals surface area (Å²) in [6.07, 6.45) is 4.74. The average molecular weight is 326 g/mol. The van der Waals surface area contributed by atoms with Crippen molar-refractivity contribution in [1.29, 1.82) is 0 Å². The number of nitrogens with zero attached hydrogens (tertiary/aromatic N) is 4. The number of rotatable bonds is 4. The molecule has 0 aromatic carbocycles. The lowest BCUT2D eigenvalue weighted by Crippen LogP contribution is -2.28. The van der Waals surface area contributed by atoms with Crippen molar-refractivity contribution < 1.29 is 4.74 Å². The molecule has 0 spiro atoms. The summed E-state index contributed by atoms with van der Waals surface area (Å²) in [5, 5.41) is 16.8. The van der Waals surface area contributed by atoms with E-state index in [1.54, 1.807) is 0 Å². The lowest BCUT2D eigenvalue weighted by molar-refractivity contribution is 0.0904. The number of anilines is 1. The Balaban J connectivity index is 1.76. The zero-order chi connectivity index (χ0) is 16.5. The van der Waals surface area contributed by atoms with Gasteiger partial charge in [-0.2, -0.15) is 10.2 Å². The van der Waals surface area contributed by atoms with E-state index in [-0.39, 0.29) is 0 Å². The van der Waals surface area contributed by atoms with Crippen molar-refractivity contribution in [3.8, 4) is 11.4 Å². The monoisotopic (exact) mass is 326 g/mol. The highest BCUT2D eigenvalue weighted by molar-refractivity contribution is 5.99. The van der Waals surface area contributed by atoms with Crippen LogP contribution in [-0.2, 0) is 18.2 Å². The molecule has 7 nitrogen and oxygen atoms in total. The number of ether oxygens (including phenoxy) is 1. The predicted octanol–water partition coefficient (Wildman–Crippen LogP) is 2.51. The maximum absolute atomic E-state index is 5.44. The van der Waals surface area contributed by atoms with Crippen molar-refractivity contribution in [3.05, 3.63) is 24.0 Å². The van der Waals surface area contributed by atoms with Gasteiger partial charge in [-0.15, -0.1) is 0 Å². The Hall–Kier alpha value is -2.41. The number of pyridine rings is 1. The summed E-state index contributed by atoms with van der Waals surface area (Å²) in [5.41, 5.74) is 3.88. The van der Waals surface area contributed by atoms with Crippen LogP contribution >= 0.6 is 0 Å². The SMILES string of the molecule is CCc1cc(-c2n[nH]c3ccnc(NC4CCOCC4)c23)nn1C. The Bertz CT molecular complexity index is 846. The molecule has 7 heteroatoms. The highest BCUT2D eigenvalue weighted by atomic mass is 16.5. The molecule has 0 unspecified atom stereocenters. The van der Waals surface area contributed by atoms with Crippen LogP contribution in [0.5, 0.6) is 0 Å². The van der Waals surface area contributed by atoms with E-state index in [9.17, 15) is 0 Å². The van der Waals surface area contributed by atoms with Gasteiger partial charge in [-0.3, -0.25) is 9.78 Å². The fourth-order valence-corrected chi connectivity index (χ4v) is 3.25. The maximum Gasteiger partial charge on any atom is 0.137 e. The molecule has 4 rings (SSSR count). The molecule has 126 valence electrons. The number of fused-ring (bicyclic) bond motifs is 1. The largest absolute Gasteiger partial charge is 0.381 e. The van der Waals surface area contributed by atoms with Gasteiger partial charge in [0.05, 0.1) is 10.9 Å². The number of hydrogen-bond donors (Lipinski definition) is 2. The van der Waals surface area contributed by atoms with E-state index in [0.29, 0.717) is 6.04 Å². The Morgan fingerprint density at radius 2 is 2.21 bits per heavy atom. The standard InChI is InChI=1S/C17H22N6O/c1-3-12-10-14(22-23(12)2)16-15-13(20-21-16)4-7-18-17(15)19-11-5-8-24-9-6-11/h4,7,10-11H,3,5-6,8-9H2,1-2H3,(H,18,19)(H,20,21). The molecular weight excluding hydrogens is 304 g/mol. The fourth-order valence-electron chi connectivity index (χ4n) is 3.25. The average Bonchev–Trinajstić information content (AvgIpc) is 3.19. The van der Waals surface area contributed by atoms with Gasteiger partial charge in [-0.1, -0.05) is 6.92 Å². The second-order valence-corrected chi connectivity index (χ2v) is 6.18. The second kappa shape index (κ2) is 6.24. The van der Waals surface area contributed by atoms with Crippen LogP contribution in [0.25, 0.3) is 22.3 Å². The summed E-state index contributed by atoms with van der Waals surface area (Å²) in [5.74, 6) is 0.867. The molecule has 0 saturated carbocycles. The van der Waals surface area contributed by atoms with Crippen molar-refractivity contribution in [3.63, 3.8) is 0 Å². The topological polar surface area (TPSA) is 80.7 Å². The minimum atomic E-state index is 0.384. The van der Waals surface area contributed by atoms with E-state index >= 15 is 0 Å². The molecule has 3 aromatic heterocycles. The summed E-state index contributed by atoms with van der Waals surface area (Å²) in [6, 6.07) is 4.43. The van der Waals surface area contributed by atoms with Crippen LogP contribution in [0.2, 0.25) is 0 Å². The Morgan fingerprint density at radius 3 is 2.96 bits per heavy atom. The van der Waals surface area contributed by atoms with Crippen LogP contribution in [0.3, 0.4) is 0 Å². The van der Waals surface area contributed by atoms with Crippen LogP contribution in [0, 0.1) is 0 Å². The van der Waals surface area contributed by atoms with Crippen molar-refractivity contribution in [2.24, 2.45) is 7.05 Å². The first-order valence-electron chi connectivity index (χ1n) is 8.47.